The first-order chi connectivity index (χ1) is 30.2. The van der Waals surface area contributed by atoms with Gasteiger partial charge in [-0.1, -0.05) is 152 Å². The SMILES string of the molecule is c1ccc(-c2ccc(N(c3cccc(-c4ccccc4)c3)c3ccc4oc5cc(-c6ccc7c(c6)c6ccccc6n7-c6ccccc6)c6ccccc6c5c4c3)cc2)cc1. The van der Waals surface area contributed by atoms with Crippen LogP contribution in [0.3, 0.4) is 0 Å². The van der Waals surface area contributed by atoms with Crippen molar-refractivity contribution in [2.75, 3.05) is 4.90 Å². The van der Waals surface area contributed by atoms with Gasteiger partial charge in [-0.25, -0.2) is 0 Å². The molecule has 0 amide bonds. The Morgan fingerprint density at radius 1 is 0.311 bits per heavy atom. The highest BCUT2D eigenvalue weighted by Gasteiger charge is 2.20. The third-order valence-electron chi connectivity index (χ3n) is 12.2. The zero-order valence-corrected chi connectivity index (χ0v) is 33.2. The van der Waals surface area contributed by atoms with E-state index in [1.165, 1.54) is 54.8 Å². The highest BCUT2D eigenvalue weighted by molar-refractivity contribution is 6.23. The van der Waals surface area contributed by atoms with Crippen molar-refractivity contribution >= 4 is 71.6 Å². The van der Waals surface area contributed by atoms with E-state index in [4.69, 9.17) is 4.42 Å². The van der Waals surface area contributed by atoms with Crippen molar-refractivity contribution in [3.63, 3.8) is 0 Å². The van der Waals surface area contributed by atoms with Gasteiger partial charge in [0.25, 0.3) is 0 Å². The number of rotatable bonds is 7. The maximum absolute atomic E-state index is 6.81. The first-order valence-electron chi connectivity index (χ1n) is 20.8. The molecule has 286 valence electrons. The van der Waals surface area contributed by atoms with Gasteiger partial charge in [0.2, 0.25) is 0 Å². The summed E-state index contributed by atoms with van der Waals surface area (Å²) in [5, 5.41) is 7.03. The number of hydrogen-bond acceptors (Lipinski definition) is 2. The van der Waals surface area contributed by atoms with Crippen LogP contribution in [-0.4, -0.2) is 4.57 Å². The lowest BCUT2D eigenvalue weighted by molar-refractivity contribution is 0.669. The van der Waals surface area contributed by atoms with Crippen LogP contribution in [-0.2, 0) is 0 Å². The van der Waals surface area contributed by atoms with Crippen LogP contribution in [0.15, 0.2) is 235 Å². The maximum Gasteiger partial charge on any atom is 0.136 e. The lowest BCUT2D eigenvalue weighted by Crippen LogP contribution is -2.10. The standard InChI is InChI=1S/C58H38N2O/c1-4-15-39(16-5-1)41-27-30-45(31-28-41)59(46-22-14-19-42(35-46)40-17-6-2-7-18-40)47-32-34-56-53(37-47)58-50-25-11-10-23-48(50)51(38-57(58)61-56)43-29-33-55-52(36-43)49-24-12-13-26-54(49)60(55)44-20-8-3-9-21-44/h1-38H. The molecular weight excluding hydrogens is 741 g/mol. The van der Waals surface area contributed by atoms with Gasteiger partial charge in [0.1, 0.15) is 11.2 Å². The normalized spacial score (nSPS) is 11.6. The Bertz CT molecular complexity index is 3570. The highest BCUT2D eigenvalue weighted by atomic mass is 16.3. The molecule has 2 aromatic heterocycles. The monoisotopic (exact) mass is 778 g/mol. The zero-order valence-electron chi connectivity index (χ0n) is 33.2. The van der Waals surface area contributed by atoms with Gasteiger partial charge < -0.3 is 13.9 Å². The van der Waals surface area contributed by atoms with E-state index in [0.717, 1.165) is 55.8 Å². The molecule has 2 heterocycles. The summed E-state index contributed by atoms with van der Waals surface area (Å²) in [4.78, 5) is 2.36. The van der Waals surface area contributed by atoms with Crippen molar-refractivity contribution in [3.05, 3.63) is 231 Å². The number of benzene rings is 10. The van der Waals surface area contributed by atoms with Crippen molar-refractivity contribution in [2.24, 2.45) is 0 Å². The van der Waals surface area contributed by atoms with Crippen LogP contribution in [0, 0.1) is 0 Å². The first kappa shape index (κ1) is 34.9. The van der Waals surface area contributed by atoms with E-state index in [1.54, 1.807) is 0 Å². The molecule has 10 aromatic carbocycles. The Balaban J connectivity index is 1.03. The largest absolute Gasteiger partial charge is 0.456 e. The summed E-state index contributed by atoms with van der Waals surface area (Å²) >= 11 is 0. The number of anilines is 3. The molecule has 12 rings (SSSR count). The fourth-order valence-corrected chi connectivity index (χ4v) is 9.34. The van der Waals surface area contributed by atoms with Crippen LogP contribution in [0.5, 0.6) is 0 Å². The molecule has 0 aliphatic rings. The average molecular weight is 779 g/mol. The summed E-state index contributed by atoms with van der Waals surface area (Å²) in [5.74, 6) is 0. The van der Waals surface area contributed by atoms with Crippen LogP contribution in [0.25, 0.3) is 93.6 Å². The van der Waals surface area contributed by atoms with Crippen LogP contribution in [0.1, 0.15) is 0 Å². The number of aromatic nitrogens is 1. The fourth-order valence-electron chi connectivity index (χ4n) is 9.34. The molecule has 0 saturated heterocycles. The molecule has 0 fully saturated rings. The first-order valence-corrected chi connectivity index (χ1v) is 20.8. The van der Waals surface area contributed by atoms with Crippen molar-refractivity contribution in [2.45, 2.75) is 0 Å². The van der Waals surface area contributed by atoms with Crippen molar-refractivity contribution in [1.82, 2.24) is 4.57 Å². The second-order valence-electron chi connectivity index (χ2n) is 15.7. The lowest BCUT2D eigenvalue weighted by atomic mass is 9.94. The fraction of sp³-hybridized carbons (Fsp3) is 0. The molecule has 0 aliphatic carbocycles. The topological polar surface area (TPSA) is 21.3 Å². The van der Waals surface area contributed by atoms with E-state index >= 15 is 0 Å². The van der Waals surface area contributed by atoms with Crippen molar-refractivity contribution in [1.29, 1.82) is 0 Å². The number of nitrogens with zero attached hydrogens (tertiary/aromatic N) is 2. The van der Waals surface area contributed by atoms with Gasteiger partial charge in [0.05, 0.1) is 11.0 Å². The molecular formula is C58H38N2O. The number of hydrogen-bond donors (Lipinski definition) is 0. The molecule has 0 spiro atoms. The van der Waals surface area contributed by atoms with Gasteiger partial charge in [-0.15, -0.1) is 0 Å². The van der Waals surface area contributed by atoms with E-state index < -0.39 is 0 Å². The lowest BCUT2D eigenvalue weighted by Gasteiger charge is -2.26. The maximum atomic E-state index is 6.81. The molecule has 12 aromatic rings. The molecule has 0 radical (unpaired) electrons. The van der Waals surface area contributed by atoms with Crippen LogP contribution < -0.4 is 4.90 Å². The predicted molar refractivity (Wildman–Crippen MR) is 257 cm³/mol. The Morgan fingerprint density at radius 2 is 0.885 bits per heavy atom. The Morgan fingerprint density at radius 3 is 1.66 bits per heavy atom. The molecule has 0 N–H and O–H groups in total. The van der Waals surface area contributed by atoms with Gasteiger partial charge in [0, 0.05) is 44.3 Å². The smallest absolute Gasteiger partial charge is 0.136 e. The van der Waals surface area contributed by atoms with Gasteiger partial charge in [-0.3, -0.25) is 0 Å². The van der Waals surface area contributed by atoms with Gasteiger partial charge >= 0.3 is 0 Å². The molecule has 0 unspecified atom stereocenters. The third-order valence-corrected chi connectivity index (χ3v) is 12.2. The van der Waals surface area contributed by atoms with Gasteiger partial charge in [-0.05, 0) is 123 Å². The number of furan rings is 1. The molecule has 0 bridgehead atoms. The summed E-state index contributed by atoms with van der Waals surface area (Å²) in [6.07, 6.45) is 0. The Hall–Kier alpha value is -8.14. The second kappa shape index (κ2) is 14.3. The summed E-state index contributed by atoms with van der Waals surface area (Å²) in [7, 11) is 0. The molecule has 3 heteroatoms. The predicted octanol–water partition coefficient (Wildman–Crippen LogP) is 16.3. The van der Waals surface area contributed by atoms with E-state index in [0.29, 0.717) is 0 Å². The zero-order chi connectivity index (χ0) is 40.3. The van der Waals surface area contributed by atoms with Gasteiger partial charge in [0.15, 0.2) is 0 Å². The number of para-hydroxylation sites is 2. The van der Waals surface area contributed by atoms with E-state index in [9.17, 15) is 0 Å². The minimum Gasteiger partial charge on any atom is -0.456 e. The second-order valence-corrected chi connectivity index (χ2v) is 15.7. The van der Waals surface area contributed by atoms with Crippen LogP contribution in [0.2, 0.25) is 0 Å². The summed E-state index contributed by atoms with van der Waals surface area (Å²) in [6, 6.07) is 82.7. The minimum atomic E-state index is 0.861. The van der Waals surface area contributed by atoms with Crippen molar-refractivity contribution < 1.29 is 4.42 Å². The average Bonchev–Trinajstić information content (AvgIpc) is 3.88. The summed E-state index contributed by atoms with van der Waals surface area (Å²) in [5.41, 5.74) is 15.5. The quantitative estimate of drug-likeness (QED) is 0.161. The van der Waals surface area contributed by atoms with Crippen molar-refractivity contribution in [3.8, 4) is 39.1 Å². The summed E-state index contributed by atoms with van der Waals surface area (Å²) in [6.45, 7) is 0. The molecule has 0 saturated carbocycles. The molecule has 0 atom stereocenters. The van der Waals surface area contributed by atoms with E-state index in [-0.39, 0.29) is 0 Å². The summed E-state index contributed by atoms with van der Waals surface area (Å²) < 4.78 is 9.17. The minimum absolute atomic E-state index is 0.861. The third kappa shape index (κ3) is 5.90. The van der Waals surface area contributed by atoms with Gasteiger partial charge in [-0.2, -0.15) is 0 Å². The Labute approximate surface area is 353 Å². The van der Waals surface area contributed by atoms with Crippen LogP contribution >= 0.6 is 0 Å². The molecule has 61 heavy (non-hydrogen) atoms. The number of fused-ring (bicyclic) bond motifs is 8. The van der Waals surface area contributed by atoms with E-state index in [2.05, 4.69) is 240 Å². The Kier molecular flexibility index (Phi) is 8.17. The molecule has 0 aliphatic heterocycles. The molecule has 3 nitrogen and oxygen atoms in total. The van der Waals surface area contributed by atoms with Crippen LogP contribution in [0.4, 0.5) is 17.1 Å². The highest BCUT2D eigenvalue weighted by Crippen LogP contribution is 2.45. The van der Waals surface area contributed by atoms with E-state index in [1.807, 2.05) is 0 Å².